The van der Waals surface area contributed by atoms with Gasteiger partial charge in [0.05, 0.1) is 11.8 Å². The molecule has 1 rings (SSSR count). The van der Waals surface area contributed by atoms with Crippen LogP contribution in [0.15, 0.2) is 0 Å². The molecule has 0 amide bonds. The lowest BCUT2D eigenvalue weighted by molar-refractivity contribution is -0.160. The Balaban J connectivity index is 0.000000406. The number of carboxylic acids is 2. The van der Waals surface area contributed by atoms with Gasteiger partial charge in [-0.1, -0.05) is 0 Å². The Bertz CT molecular complexity index is 476. The highest BCUT2D eigenvalue weighted by molar-refractivity contribution is 7.53. The number of nitrogens with two attached hydrogens (primary N) is 1. The van der Waals surface area contributed by atoms with Gasteiger partial charge in [-0.05, 0) is 12.8 Å². The van der Waals surface area contributed by atoms with Gasteiger partial charge < -0.3 is 35.5 Å². The third-order valence-electron chi connectivity index (χ3n) is 2.74. The molecule has 0 saturated heterocycles. The minimum atomic E-state index is -4.91. The highest BCUT2D eigenvalue weighted by Gasteiger charge is 2.41. The van der Waals surface area contributed by atoms with E-state index >= 15 is 0 Å². The molecule has 0 spiro atoms. The summed E-state index contributed by atoms with van der Waals surface area (Å²) in [6.45, 7) is -0.671. The summed E-state index contributed by atoms with van der Waals surface area (Å²) < 4.78 is 24.2. The average Bonchev–Trinajstić information content (AvgIpc) is 2.20. The van der Waals surface area contributed by atoms with Crippen LogP contribution in [0.3, 0.4) is 0 Å². The summed E-state index contributed by atoms with van der Waals surface area (Å²) >= 11 is 0. The molecule has 22 heavy (non-hydrogen) atoms. The van der Waals surface area contributed by atoms with E-state index in [1.165, 1.54) is 0 Å². The summed E-state index contributed by atoms with van der Waals surface area (Å²) in [5.74, 6) is -5.22. The Kier molecular flexibility index (Phi) is 7.83. The predicted octanol–water partition coefficient (Wildman–Crippen LogP) is -1.26. The number of aliphatic carboxylic acids is 2. The molecule has 3 unspecified atom stereocenters. The number of hydrogen-bond donors (Lipinski definition) is 7. The SMILES string of the molecule is NCC(OP(=O)(O)O)P(=O)(O)O.O=C(O)C1CCC1C(=O)O. The van der Waals surface area contributed by atoms with Crippen LogP contribution in [0.25, 0.3) is 0 Å². The summed E-state index contributed by atoms with van der Waals surface area (Å²) in [7, 11) is -9.62. The summed E-state index contributed by atoms with van der Waals surface area (Å²) in [4.78, 5) is 53.6. The van der Waals surface area contributed by atoms with Gasteiger partial charge in [0.2, 0.25) is 0 Å². The maximum absolute atomic E-state index is 10.4. The lowest BCUT2D eigenvalue weighted by Crippen LogP contribution is -2.37. The van der Waals surface area contributed by atoms with Crippen molar-refractivity contribution >= 4 is 27.4 Å². The van der Waals surface area contributed by atoms with Crippen LogP contribution in [-0.2, 0) is 23.2 Å². The van der Waals surface area contributed by atoms with Crippen molar-refractivity contribution in [3.63, 3.8) is 0 Å². The maximum atomic E-state index is 10.4. The van der Waals surface area contributed by atoms with Crippen molar-refractivity contribution in [1.29, 1.82) is 0 Å². The minimum Gasteiger partial charge on any atom is -0.481 e. The van der Waals surface area contributed by atoms with E-state index in [1.807, 2.05) is 0 Å². The molecule has 14 heteroatoms. The Hall–Kier alpha value is -0.840. The molecule has 0 bridgehead atoms. The van der Waals surface area contributed by atoms with E-state index in [0.29, 0.717) is 12.8 Å². The Morgan fingerprint density at radius 2 is 1.41 bits per heavy atom. The zero-order valence-corrected chi connectivity index (χ0v) is 12.8. The number of carboxylic acid groups (broad SMARTS) is 2. The van der Waals surface area contributed by atoms with E-state index in [-0.39, 0.29) is 0 Å². The first kappa shape index (κ1) is 21.2. The van der Waals surface area contributed by atoms with E-state index in [2.05, 4.69) is 4.52 Å². The third-order valence-corrected chi connectivity index (χ3v) is 4.51. The largest absolute Gasteiger partial charge is 0.481 e. The van der Waals surface area contributed by atoms with E-state index in [0.717, 1.165) is 0 Å². The molecular weight excluding hydrogens is 348 g/mol. The predicted molar refractivity (Wildman–Crippen MR) is 69.5 cm³/mol. The zero-order chi connectivity index (χ0) is 17.7. The van der Waals surface area contributed by atoms with Gasteiger partial charge >= 0.3 is 27.4 Å². The van der Waals surface area contributed by atoms with Crippen molar-refractivity contribution in [1.82, 2.24) is 0 Å². The third kappa shape index (κ3) is 7.43. The second kappa shape index (κ2) is 8.14. The van der Waals surface area contributed by atoms with Crippen LogP contribution >= 0.6 is 15.4 Å². The second-order valence-corrected chi connectivity index (χ2v) is 7.29. The van der Waals surface area contributed by atoms with Gasteiger partial charge in [0.1, 0.15) is 0 Å². The lowest BCUT2D eigenvalue weighted by Gasteiger charge is -2.29. The van der Waals surface area contributed by atoms with Crippen molar-refractivity contribution in [3.05, 3.63) is 0 Å². The molecule has 1 aliphatic carbocycles. The Labute approximate surface area is 124 Å². The summed E-state index contributed by atoms with van der Waals surface area (Å²) in [6, 6.07) is 0. The van der Waals surface area contributed by atoms with E-state index in [4.69, 9.17) is 35.5 Å². The van der Waals surface area contributed by atoms with Gasteiger partial charge in [-0.2, -0.15) is 0 Å². The van der Waals surface area contributed by atoms with Gasteiger partial charge in [0, 0.05) is 6.54 Å². The monoisotopic (exact) mass is 365 g/mol. The molecule has 0 aromatic rings. The van der Waals surface area contributed by atoms with Crippen LogP contribution in [-0.4, -0.2) is 54.1 Å². The number of phosphoric acid groups is 1. The molecule has 1 aliphatic rings. The molecular formula is C8H17NO11P2. The Morgan fingerprint density at radius 3 is 1.50 bits per heavy atom. The van der Waals surface area contributed by atoms with Crippen molar-refractivity contribution in [2.45, 2.75) is 18.7 Å². The maximum Gasteiger partial charge on any atom is 0.470 e. The van der Waals surface area contributed by atoms with Gasteiger partial charge in [0.25, 0.3) is 0 Å². The normalized spacial score (nSPS) is 22.8. The number of hydrogen-bond acceptors (Lipinski definition) is 6. The zero-order valence-electron chi connectivity index (χ0n) is 11.0. The molecule has 0 radical (unpaired) electrons. The summed E-state index contributed by atoms with van der Waals surface area (Å²) in [6.07, 6.45) is 1.01. The summed E-state index contributed by atoms with van der Waals surface area (Å²) in [5, 5.41) is 16.8. The molecule has 0 aromatic carbocycles. The van der Waals surface area contributed by atoms with Crippen LogP contribution in [0.5, 0.6) is 0 Å². The molecule has 8 N–H and O–H groups in total. The first-order chi connectivity index (χ1) is 9.79. The van der Waals surface area contributed by atoms with Gasteiger partial charge in [-0.3, -0.25) is 18.7 Å². The Morgan fingerprint density at radius 1 is 1.05 bits per heavy atom. The minimum absolute atomic E-state index is 0.506. The van der Waals surface area contributed by atoms with Gasteiger partial charge in [0.15, 0.2) is 5.85 Å². The summed E-state index contributed by atoms with van der Waals surface area (Å²) in [5.41, 5.74) is 4.81. The molecule has 0 aliphatic heterocycles. The fraction of sp³-hybridized carbons (Fsp3) is 0.750. The van der Waals surface area contributed by atoms with Crippen LogP contribution in [0.1, 0.15) is 12.8 Å². The van der Waals surface area contributed by atoms with E-state index in [9.17, 15) is 18.7 Å². The molecule has 1 fully saturated rings. The second-order valence-electron chi connectivity index (χ2n) is 4.34. The quantitative estimate of drug-likeness (QED) is 0.274. The van der Waals surface area contributed by atoms with E-state index < -0.39 is 51.6 Å². The van der Waals surface area contributed by atoms with Crippen LogP contribution < -0.4 is 5.73 Å². The van der Waals surface area contributed by atoms with Crippen molar-refractivity contribution in [2.24, 2.45) is 17.6 Å². The van der Waals surface area contributed by atoms with Crippen molar-refractivity contribution in [2.75, 3.05) is 6.54 Å². The number of phosphoric ester groups is 1. The van der Waals surface area contributed by atoms with Crippen LogP contribution in [0.2, 0.25) is 0 Å². The first-order valence-corrected chi connectivity index (χ1v) is 8.95. The highest BCUT2D eigenvalue weighted by Crippen LogP contribution is 2.49. The van der Waals surface area contributed by atoms with Gasteiger partial charge in [-0.25, -0.2) is 4.57 Å². The molecule has 130 valence electrons. The van der Waals surface area contributed by atoms with Crippen LogP contribution in [0, 0.1) is 11.8 Å². The van der Waals surface area contributed by atoms with Crippen LogP contribution in [0.4, 0.5) is 0 Å². The average molecular weight is 365 g/mol. The number of rotatable bonds is 6. The molecule has 0 heterocycles. The topological polar surface area (TPSA) is 225 Å². The molecule has 3 atom stereocenters. The molecule has 0 aromatic heterocycles. The fourth-order valence-electron chi connectivity index (χ4n) is 1.49. The highest BCUT2D eigenvalue weighted by atomic mass is 31.2. The smallest absolute Gasteiger partial charge is 0.470 e. The number of carbonyl (C=O) groups is 2. The standard InChI is InChI=1S/C6H8O4.C2H9NO7P2/c7-5(8)3-1-2-4(3)6(9)10;3-1-2(11(4,5)6)10-12(7,8)9/h3-4H,1-2H2,(H,7,8)(H,9,10);2H,1,3H2,(H2,4,5,6)(H2,7,8,9). The lowest BCUT2D eigenvalue weighted by atomic mass is 9.74. The fourth-order valence-corrected chi connectivity index (χ4v) is 3.03. The van der Waals surface area contributed by atoms with Crippen molar-refractivity contribution < 1.29 is 53.0 Å². The first-order valence-electron chi connectivity index (χ1n) is 5.74. The molecule has 1 saturated carbocycles. The molecule has 12 nitrogen and oxygen atoms in total. The van der Waals surface area contributed by atoms with E-state index in [1.54, 1.807) is 0 Å². The van der Waals surface area contributed by atoms with Crippen molar-refractivity contribution in [3.8, 4) is 0 Å². The van der Waals surface area contributed by atoms with Gasteiger partial charge in [-0.15, -0.1) is 0 Å².